The number of nitrogens with one attached hydrogen (secondary N) is 2. The maximum absolute atomic E-state index is 5.66. The molecular weight excluding hydrogens is 230 g/mol. The van der Waals surface area contributed by atoms with Gasteiger partial charge in [0.05, 0.1) is 19.3 Å². The fraction of sp³-hybridized carbons (Fsp3) is 0.769. The third-order valence-electron chi connectivity index (χ3n) is 2.52. The number of nitrogens with zero attached hydrogens (tertiary/aromatic N) is 1. The largest absolute Gasteiger partial charge is 0.379 e. The molecule has 1 unspecified atom stereocenters. The van der Waals surface area contributed by atoms with Gasteiger partial charge in [-0.25, -0.2) is 0 Å². The average Bonchev–Trinajstić information content (AvgIpc) is 2.88. The van der Waals surface area contributed by atoms with Crippen LogP contribution < -0.4 is 10.6 Å². The quantitative estimate of drug-likeness (QED) is 0.298. The van der Waals surface area contributed by atoms with Gasteiger partial charge in [0.15, 0.2) is 5.96 Å². The topological polar surface area (TPSA) is 54.9 Å². The lowest BCUT2D eigenvalue weighted by Gasteiger charge is -2.10. The molecular formula is C13H23N3O2. The summed E-state index contributed by atoms with van der Waals surface area (Å²) >= 11 is 0. The normalized spacial score (nSPS) is 19.6. The Balaban J connectivity index is 2.09. The van der Waals surface area contributed by atoms with Crippen molar-refractivity contribution in [2.45, 2.75) is 25.9 Å². The van der Waals surface area contributed by atoms with Crippen molar-refractivity contribution < 1.29 is 9.47 Å². The van der Waals surface area contributed by atoms with E-state index in [1.165, 1.54) is 0 Å². The predicted molar refractivity (Wildman–Crippen MR) is 72.6 cm³/mol. The number of guanidine groups is 1. The van der Waals surface area contributed by atoms with E-state index in [9.17, 15) is 0 Å². The highest BCUT2D eigenvalue weighted by Crippen LogP contribution is 2.07. The molecule has 102 valence electrons. The molecule has 0 aromatic rings. The summed E-state index contributed by atoms with van der Waals surface area (Å²) in [5.74, 6) is 3.29. The Bertz CT molecular complexity index is 280. The number of terminal acetylenes is 1. The molecule has 0 aromatic heterocycles. The van der Waals surface area contributed by atoms with Crippen molar-refractivity contribution in [3.05, 3.63) is 0 Å². The molecule has 1 aliphatic heterocycles. The van der Waals surface area contributed by atoms with Crippen molar-refractivity contribution in [3.63, 3.8) is 0 Å². The molecule has 0 radical (unpaired) electrons. The second-order valence-corrected chi connectivity index (χ2v) is 4.03. The highest BCUT2D eigenvalue weighted by atomic mass is 16.5. The summed E-state index contributed by atoms with van der Waals surface area (Å²) in [4.78, 5) is 4.40. The van der Waals surface area contributed by atoms with E-state index < -0.39 is 0 Å². The second kappa shape index (κ2) is 9.75. The van der Waals surface area contributed by atoms with Gasteiger partial charge in [0.25, 0.3) is 0 Å². The van der Waals surface area contributed by atoms with Crippen molar-refractivity contribution in [1.82, 2.24) is 10.6 Å². The summed E-state index contributed by atoms with van der Waals surface area (Å²) in [6, 6.07) is 0. The first-order chi connectivity index (χ1) is 8.86. The van der Waals surface area contributed by atoms with Crippen molar-refractivity contribution in [2.75, 3.05) is 39.5 Å². The van der Waals surface area contributed by atoms with Gasteiger partial charge >= 0.3 is 0 Å². The third kappa shape index (κ3) is 6.48. The van der Waals surface area contributed by atoms with Gasteiger partial charge in [-0.15, -0.1) is 6.42 Å². The van der Waals surface area contributed by atoms with E-state index in [1.807, 2.05) is 6.92 Å². The van der Waals surface area contributed by atoms with Gasteiger partial charge in [-0.05, 0) is 19.8 Å². The third-order valence-corrected chi connectivity index (χ3v) is 2.52. The Kier molecular flexibility index (Phi) is 8.02. The van der Waals surface area contributed by atoms with Gasteiger partial charge in [0.2, 0.25) is 0 Å². The van der Waals surface area contributed by atoms with Gasteiger partial charge in [-0.3, -0.25) is 4.99 Å². The molecule has 2 N–H and O–H groups in total. The minimum Gasteiger partial charge on any atom is -0.379 e. The lowest BCUT2D eigenvalue weighted by Crippen LogP contribution is -2.37. The zero-order valence-corrected chi connectivity index (χ0v) is 11.1. The van der Waals surface area contributed by atoms with E-state index >= 15 is 0 Å². The molecule has 0 amide bonds. The summed E-state index contributed by atoms with van der Waals surface area (Å²) in [5, 5.41) is 6.18. The summed E-state index contributed by atoms with van der Waals surface area (Å²) in [5.41, 5.74) is 0. The van der Waals surface area contributed by atoms with Crippen LogP contribution in [0.4, 0.5) is 0 Å². The van der Waals surface area contributed by atoms with Crippen molar-refractivity contribution in [1.29, 1.82) is 0 Å². The lowest BCUT2D eigenvalue weighted by molar-refractivity contribution is 0.0424. The minimum atomic E-state index is 0.279. The molecule has 1 aliphatic rings. The smallest absolute Gasteiger partial charge is 0.192 e. The van der Waals surface area contributed by atoms with Gasteiger partial charge in [-0.1, -0.05) is 5.92 Å². The molecule has 1 saturated heterocycles. The van der Waals surface area contributed by atoms with Crippen LogP contribution >= 0.6 is 0 Å². The van der Waals surface area contributed by atoms with Gasteiger partial charge in [-0.2, -0.15) is 0 Å². The molecule has 18 heavy (non-hydrogen) atoms. The zero-order valence-electron chi connectivity index (χ0n) is 11.1. The molecule has 0 spiro atoms. The van der Waals surface area contributed by atoms with E-state index in [2.05, 4.69) is 21.5 Å². The van der Waals surface area contributed by atoms with Crippen LogP contribution in [0.25, 0.3) is 0 Å². The van der Waals surface area contributed by atoms with Crippen LogP contribution in [0.2, 0.25) is 0 Å². The first-order valence-electron chi connectivity index (χ1n) is 6.51. The van der Waals surface area contributed by atoms with Gasteiger partial charge in [0, 0.05) is 26.3 Å². The molecule has 5 nitrogen and oxygen atoms in total. The van der Waals surface area contributed by atoms with Crippen LogP contribution in [0, 0.1) is 12.3 Å². The lowest BCUT2D eigenvalue weighted by atomic mass is 10.3. The minimum absolute atomic E-state index is 0.279. The fourth-order valence-electron chi connectivity index (χ4n) is 1.63. The summed E-state index contributed by atoms with van der Waals surface area (Å²) < 4.78 is 10.9. The molecule has 1 rings (SSSR count). The van der Waals surface area contributed by atoms with Crippen LogP contribution in [0.1, 0.15) is 19.8 Å². The summed E-state index contributed by atoms with van der Waals surface area (Å²) in [6.45, 7) is 6.35. The highest BCUT2D eigenvalue weighted by Gasteiger charge is 2.15. The number of hydrogen-bond acceptors (Lipinski definition) is 3. The van der Waals surface area contributed by atoms with Crippen LogP contribution in [0.3, 0.4) is 0 Å². The van der Waals surface area contributed by atoms with Crippen LogP contribution in [0.15, 0.2) is 4.99 Å². The predicted octanol–water partition coefficient (Wildman–Crippen LogP) is 0.370. The van der Waals surface area contributed by atoms with E-state index in [0.717, 1.165) is 51.7 Å². The standard InChI is InChI=1S/C13H23N3O2/c1-3-7-15-13(14-4-2)16-8-5-9-18-12-6-10-17-11-12/h1,12H,4-11H2,2H3,(H2,14,15,16). The van der Waals surface area contributed by atoms with Gasteiger partial charge < -0.3 is 20.1 Å². The van der Waals surface area contributed by atoms with Crippen LogP contribution in [0.5, 0.6) is 0 Å². The van der Waals surface area contributed by atoms with Crippen LogP contribution in [-0.2, 0) is 9.47 Å². The monoisotopic (exact) mass is 253 g/mol. The molecule has 0 bridgehead atoms. The fourth-order valence-corrected chi connectivity index (χ4v) is 1.63. The molecule has 1 atom stereocenters. The SMILES string of the molecule is C#CCNC(=NCCCOC1CCOC1)NCC. The second-order valence-electron chi connectivity index (χ2n) is 4.03. The Labute approximate surface area is 109 Å². The molecule has 1 heterocycles. The Hall–Kier alpha value is -1.25. The zero-order chi connectivity index (χ0) is 13.1. The van der Waals surface area contributed by atoms with E-state index in [0.29, 0.717) is 6.54 Å². The number of hydrogen-bond donors (Lipinski definition) is 2. The first-order valence-corrected chi connectivity index (χ1v) is 6.51. The average molecular weight is 253 g/mol. The Morgan fingerprint density at radius 3 is 3.11 bits per heavy atom. The number of aliphatic imine (C=N–C) groups is 1. The Morgan fingerprint density at radius 2 is 2.44 bits per heavy atom. The molecule has 0 aromatic carbocycles. The maximum Gasteiger partial charge on any atom is 0.192 e. The summed E-state index contributed by atoms with van der Waals surface area (Å²) in [7, 11) is 0. The summed E-state index contributed by atoms with van der Waals surface area (Å²) in [6.07, 6.45) is 7.39. The van der Waals surface area contributed by atoms with Crippen LogP contribution in [-0.4, -0.2) is 51.5 Å². The molecule has 0 aliphatic carbocycles. The molecule has 5 heteroatoms. The van der Waals surface area contributed by atoms with E-state index in [4.69, 9.17) is 15.9 Å². The Morgan fingerprint density at radius 1 is 1.56 bits per heavy atom. The molecule has 1 fully saturated rings. The van der Waals surface area contributed by atoms with Gasteiger partial charge in [0.1, 0.15) is 0 Å². The van der Waals surface area contributed by atoms with Crippen molar-refractivity contribution in [3.8, 4) is 12.3 Å². The van der Waals surface area contributed by atoms with E-state index in [1.54, 1.807) is 0 Å². The molecule has 0 saturated carbocycles. The highest BCUT2D eigenvalue weighted by molar-refractivity contribution is 5.79. The number of ether oxygens (including phenoxy) is 2. The van der Waals surface area contributed by atoms with E-state index in [-0.39, 0.29) is 6.10 Å². The number of rotatable bonds is 7. The first kappa shape index (κ1) is 14.8. The maximum atomic E-state index is 5.66. The van der Waals surface area contributed by atoms with Crippen molar-refractivity contribution >= 4 is 5.96 Å². The van der Waals surface area contributed by atoms with Crippen molar-refractivity contribution in [2.24, 2.45) is 4.99 Å².